The number of hydrogen-bond donors (Lipinski definition) is 1. The van der Waals surface area contributed by atoms with Gasteiger partial charge in [-0.2, -0.15) is 0 Å². The summed E-state index contributed by atoms with van der Waals surface area (Å²) in [6.45, 7) is 2.09. The fourth-order valence-electron chi connectivity index (χ4n) is 2.44. The second-order valence-corrected chi connectivity index (χ2v) is 6.13. The standard InChI is InChI=1S/C16H14N4S/c1-10-7-8-12-14(9-10)21-16(18-12)19-15-17-11-5-3-4-6-13(11)20(15)2/h3-9H,1-2H3,(H,17,18,19). The second kappa shape index (κ2) is 4.56. The van der Waals surface area contributed by atoms with Gasteiger partial charge >= 0.3 is 0 Å². The van der Waals surface area contributed by atoms with Gasteiger partial charge in [-0.05, 0) is 36.8 Å². The molecule has 0 saturated heterocycles. The number of nitrogens with one attached hydrogen (secondary N) is 1. The Bertz CT molecular complexity index is 951. The fraction of sp³-hybridized carbons (Fsp3) is 0.125. The van der Waals surface area contributed by atoms with Crippen LogP contribution < -0.4 is 5.32 Å². The van der Waals surface area contributed by atoms with Crippen LogP contribution in [0, 0.1) is 6.92 Å². The first-order valence-electron chi connectivity index (χ1n) is 6.76. The molecule has 104 valence electrons. The summed E-state index contributed by atoms with van der Waals surface area (Å²) >= 11 is 1.65. The molecule has 0 aliphatic heterocycles. The summed E-state index contributed by atoms with van der Waals surface area (Å²) in [5.74, 6) is 0.812. The molecule has 0 bridgehead atoms. The van der Waals surface area contributed by atoms with Crippen molar-refractivity contribution in [3.8, 4) is 0 Å². The minimum Gasteiger partial charge on any atom is -0.313 e. The zero-order valence-electron chi connectivity index (χ0n) is 11.8. The molecule has 0 atom stereocenters. The predicted octanol–water partition coefficient (Wildman–Crippen LogP) is 4.24. The Morgan fingerprint density at radius 1 is 1.05 bits per heavy atom. The summed E-state index contributed by atoms with van der Waals surface area (Å²) in [5, 5.41) is 4.20. The number of nitrogens with zero attached hydrogens (tertiary/aromatic N) is 3. The Kier molecular flexibility index (Phi) is 2.68. The number of anilines is 2. The van der Waals surface area contributed by atoms with Crippen molar-refractivity contribution in [2.24, 2.45) is 7.05 Å². The van der Waals surface area contributed by atoms with E-state index < -0.39 is 0 Å². The molecule has 4 rings (SSSR count). The molecule has 0 aliphatic carbocycles. The van der Waals surface area contributed by atoms with Gasteiger partial charge in [0.1, 0.15) is 0 Å². The summed E-state index contributed by atoms with van der Waals surface area (Å²) in [5.41, 5.74) is 4.36. The van der Waals surface area contributed by atoms with E-state index in [0.29, 0.717) is 0 Å². The van der Waals surface area contributed by atoms with Crippen LogP contribution in [0.1, 0.15) is 5.56 Å². The molecule has 5 heteroatoms. The SMILES string of the molecule is Cc1ccc2nc(Nc3nc4ccccc4n3C)sc2c1. The van der Waals surface area contributed by atoms with Gasteiger partial charge in [0, 0.05) is 7.05 Å². The Hall–Kier alpha value is -2.40. The van der Waals surface area contributed by atoms with Crippen molar-refractivity contribution in [3.63, 3.8) is 0 Å². The zero-order chi connectivity index (χ0) is 14.4. The van der Waals surface area contributed by atoms with Crippen LogP contribution >= 0.6 is 11.3 Å². The average molecular weight is 294 g/mol. The van der Waals surface area contributed by atoms with Gasteiger partial charge in [-0.3, -0.25) is 0 Å². The maximum absolute atomic E-state index is 4.61. The molecule has 2 aromatic carbocycles. The third-order valence-electron chi connectivity index (χ3n) is 3.55. The van der Waals surface area contributed by atoms with E-state index in [4.69, 9.17) is 0 Å². The molecule has 0 spiro atoms. The predicted molar refractivity (Wildman–Crippen MR) is 88.4 cm³/mol. The lowest BCUT2D eigenvalue weighted by Gasteiger charge is -2.01. The average Bonchev–Trinajstić information content (AvgIpc) is 3.01. The quantitative estimate of drug-likeness (QED) is 0.601. The largest absolute Gasteiger partial charge is 0.313 e. The first kappa shape index (κ1) is 12.3. The monoisotopic (exact) mass is 294 g/mol. The van der Waals surface area contributed by atoms with Crippen LogP contribution in [-0.2, 0) is 7.05 Å². The van der Waals surface area contributed by atoms with Gasteiger partial charge in [-0.15, -0.1) is 0 Å². The number of rotatable bonds is 2. The van der Waals surface area contributed by atoms with Gasteiger partial charge in [0.2, 0.25) is 5.95 Å². The number of thiazole rings is 1. The Balaban J connectivity index is 1.77. The molecule has 0 amide bonds. The minimum absolute atomic E-state index is 0.812. The highest BCUT2D eigenvalue weighted by Crippen LogP contribution is 2.29. The van der Waals surface area contributed by atoms with Gasteiger partial charge < -0.3 is 9.88 Å². The van der Waals surface area contributed by atoms with Crippen LogP contribution in [0.4, 0.5) is 11.1 Å². The molecule has 1 N–H and O–H groups in total. The Morgan fingerprint density at radius 2 is 1.90 bits per heavy atom. The van der Waals surface area contributed by atoms with Crippen molar-refractivity contribution in [2.45, 2.75) is 6.92 Å². The van der Waals surface area contributed by atoms with Crippen molar-refractivity contribution in [1.29, 1.82) is 0 Å². The summed E-state index contributed by atoms with van der Waals surface area (Å²) in [7, 11) is 2.01. The van der Waals surface area contributed by atoms with E-state index in [1.807, 2.05) is 29.8 Å². The first-order valence-corrected chi connectivity index (χ1v) is 7.58. The smallest absolute Gasteiger partial charge is 0.209 e. The Morgan fingerprint density at radius 3 is 2.76 bits per heavy atom. The van der Waals surface area contributed by atoms with Gasteiger partial charge in [-0.25, -0.2) is 9.97 Å². The summed E-state index contributed by atoms with van der Waals surface area (Å²) < 4.78 is 3.24. The second-order valence-electron chi connectivity index (χ2n) is 5.10. The molecular weight excluding hydrogens is 280 g/mol. The van der Waals surface area contributed by atoms with Gasteiger partial charge in [0.05, 0.1) is 21.3 Å². The highest BCUT2D eigenvalue weighted by molar-refractivity contribution is 7.22. The maximum atomic E-state index is 4.61. The summed E-state index contributed by atoms with van der Waals surface area (Å²) in [6.07, 6.45) is 0. The number of hydrogen-bond acceptors (Lipinski definition) is 4. The molecule has 4 nitrogen and oxygen atoms in total. The molecule has 0 saturated carbocycles. The highest BCUT2D eigenvalue weighted by Gasteiger charge is 2.10. The minimum atomic E-state index is 0.812. The van der Waals surface area contributed by atoms with E-state index >= 15 is 0 Å². The van der Waals surface area contributed by atoms with E-state index in [0.717, 1.165) is 27.6 Å². The normalized spacial score (nSPS) is 11.3. The third kappa shape index (κ3) is 2.06. The topological polar surface area (TPSA) is 42.7 Å². The van der Waals surface area contributed by atoms with Gasteiger partial charge in [0.15, 0.2) is 5.13 Å². The number of benzene rings is 2. The van der Waals surface area contributed by atoms with Crippen LogP contribution in [0.2, 0.25) is 0 Å². The van der Waals surface area contributed by atoms with Crippen molar-refractivity contribution in [1.82, 2.24) is 14.5 Å². The van der Waals surface area contributed by atoms with E-state index in [2.05, 4.69) is 46.5 Å². The van der Waals surface area contributed by atoms with Gasteiger partial charge in [0.25, 0.3) is 0 Å². The molecule has 0 fully saturated rings. The molecule has 4 aromatic rings. The molecule has 0 aliphatic rings. The van der Waals surface area contributed by atoms with Crippen molar-refractivity contribution < 1.29 is 0 Å². The first-order chi connectivity index (χ1) is 10.2. The van der Waals surface area contributed by atoms with Crippen LogP contribution in [0.3, 0.4) is 0 Å². The van der Waals surface area contributed by atoms with Crippen molar-refractivity contribution in [2.75, 3.05) is 5.32 Å². The highest BCUT2D eigenvalue weighted by atomic mass is 32.1. The van der Waals surface area contributed by atoms with E-state index in [-0.39, 0.29) is 0 Å². The lowest BCUT2D eigenvalue weighted by atomic mass is 10.2. The number of fused-ring (bicyclic) bond motifs is 2. The van der Waals surface area contributed by atoms with Crippen LogP contribution in [0.15, 0.2) is 42.5 Å². The number of imidazole rings is 1. The van der Waals surface area contributed by atoms with Crippen molar-refractivity contribution in [3.05, 3.63) is 48.0 Å². The summed E-state index contributed by atoms with van der Waals surface area (Å²) in [4.78, 5) is 9.23. The van der Waals surface area contributed by atoms with Crippen molar-refractivity contribution >= 4 is 43.7 Å². The summed E-state index contributed by atoms with van der Waals surface area (Å²) in [6, 6.07) is 14.4. The number of para-hydroxylation sites is 2. The number of aryl methyl sites for hydroxylation is 2. The fourth-order valence-corrected chi connectivity index (χ4v) is 3.40. The Labute approximate surface area is 126 Å². The molecule has 0 radical (unpaired) electrons. The van der Waals surface area contributed by atoms with Crippen LogP contribution in [0.5, 0.6) is 0 Å². The van der Waals surface area contributed by atoms with Crippen LogP contribution in [0.25, 0.3) is 21.3 Å². The zero-order valence-corrected chi connectivity index (χ0v) is 12.6. The molecule has 21 heavy (non-hydrogen) atoms. The number of aromatic nitrogens is 3. The van der Waals surface area contributed by atoms with Gasteiger partial charge in [-0.1, -0.05) is 29.5 Å². The van der Waals surface area contributed by atoms with E-state index in [9.17, 15) is 0 Å². The molecular formula is C16H14N4S. The maximum Gasteiger partial charge on any atom is 0.209 e. The van der Waals surface area contributed by atoms with E-state index in [1.54, 1.807) is 11.3 Å². The molecule has 2 heterocycles. The third-order valence-corrected chi connectivity index (χ3v) is 4.48. The van der Waals surface area contributed by atoms with Crippen LogP contribution in [-0.4, -0.2) is 14.5 Å². The lowest BCUT2D eigenvalue weighted by molar-refractivity contribution is 0.958. The molecule has 2 aromatic heterocycles. The molecule has 0 unspecified atom stereocenters. The van der Waals surface area contributed by atoms with E-state index in [1.165, 1.54) is 10.3 Å². The lowest BCUT2D eigenvalue weighted by Crippen LogP contribution is -1.98.